The monoisotopic (exact) mass is 326 g/mol. The van der Waals surface area contributed by atoms with Crippen LogP contribution >= 0.6 is 0 Å². The highest BCUT2D eigenvalue weighted by atomic mass is 16.5. The van der Waals surface area contributed by atoms with Crippen LogP contribution in [-0.2, 0) is 14.3 Å². The number of hydrogen-bond donors (Lipinski definition) is 2. The van der Waals surface area contributed by atoms with E-state index in [9.17, 15) is 9.59 Å². The minimum absolute atomic E-state index is 0.0712. The zero-order valence-corrected chi connectivity index (χ0v) is 14.1. The fourth-order valence-corrected chi connectivity index (χ4v) is 3.34. The Hall–Kier alpha value is -1.18. The normalized spacial score (nSPS) is 21.9. The van der Waals surface area contributed by atoms with E-state index in [1.165, 1.54) is 26.4 Å². The van der Waals surface area contributed by atoms with Crippen LogP contribution in [0.25, 0.3) is 0 Å². The average Bonchev–Trinajstić information content (AvgIpc) is 2.56. The van der Waals surface area contributed by atoms with E-state index in [1.54, 1.807) is 4.90 Å². The van der Waals surface area contributed by atoms with Crippen LogP contribution in [0.1, 0.15) is 32.1 Å². The van der Waals surface area contributed by atoms with E-state index in [-0.39, 0.29) is 18.4 Å². The SMILES string of the molecule is COCC(N)C(=O)N1CCN(CC(=O)NC2CCCCC2)CC1. The second-order valence-electron chi connectivity index (χ2n) is 6.57. The Morgan fingerprint density at radius 2 is 1.83 bits per heavy atom. The predicted octanol–water partition coefficient (Wildman–Crippen LogP) is -0.447. The third-order valence-corrected chi connectivity index (χ3v) is 4.68. The zero-order valence-electron chi connectivity index (χ0n) is 14.1. The van der Waals surface area contributed by atoms with Gasteiger partial charge in [0, 0.05) is 39.3 Å². The molecular formula is C16H30N4O3. The number of carbonyl (C=O) groups excluding carboxylic acids is 2. The van der Waals surface area contributed by atoms with E-state index in [1.807, 2.05) is 0 Å². The van der Waals surface area contributed by atoms with E-state index < -0.39 is 6.04 Å². The van der Waals surface area contributed by atoms with E-state index in [2.05, 4.69) is 10.2 Å². The molecule has 2 amide bonds. The quantitative estimate of drug-likeness (QED) is 0.690. The van der Waals surface area contributed by atoms with Crippen molar-refractivity contribution >= 4 is 11.8 Å². The van der Waals surface area contributed by atoms with Gasteiger partial charge in [-0.15, -0.1) is 0 Å². The fourth-order valence-electron chi connectivity index (χ4n) is 3.34. The third kappa shape index (κ3) is 5.75. The summed E-state index contributed by atoms with van der Waals surface area (Å²) in [4.78, 5) is 28.1. The van der Waals surface area contributed by atoms with E-state index in [4.69, 9.17) is 10.5 Å². The standard InChI is InChI=1S/C16H30N4O3/c1-23-12-14(17)16(22)20-9-7-19(8-10-20)11-15(21)18-13-5-3-2-4-6-13/h13-14H,2-12,17H2,1H3,(H,18,21). The number of nitrogens with zero attached hydrogens (tertiary/aromatic N) is 2. The van der Waals surface area contributed by atoms with Gasteiger partial charge in [0.05, 0.1) is 13.2 Å². The topological polar surface area (TPSA) is 87.9 Å². The second-order valence-corrected chi connectivity index (χ2v) is 6.57. The molecule has 23 heavy (non-hydrogen) atoms. The lowest BCUT2D eigenvalue weighted by Crippen LogP contribution is -2.55. The maximum atomic E-state index is 12.1. The van der Waals surface area contributed by atoms with Gasteiger partial charge in [0.15, 0.2) is 0 Å². The first kappa shape index (κ1) is 18.2. The minimum atomic E-state index is -0.596. The number of piperazine rings is 1. The van der Waals surface area contributed by atoms with E-state index >= 15 is 0 Å². The van der Waals surface area contributed by atoms with Crippen LogP contribution in [0, 0.1) is 0 Å². The molecule has 1 aliphatic heterocycles. The summed E-state index contributed by atoms with van der Waals surface area (Å²) in [6.07, 6.45) is 5.92. The Bertz CT molecular complexity index is 391. The molecule has 0 spiro atoms. The summed E-state index contributed by atoms with van der Waals surface area (Å²) in [5.41, 5.74) is 5.78. The van der Waals surface area contributed by atoms with Gasteiger partial charge in [-0.1, -0.05) is 19.3 Å². The van der Waals surface area contributed by atoms with Crippen LogP contribution in [0.3, 0.4) is 0 Å². The lowest BCUT2D eigenvalue weighted by atomic mass is 9.95. The molecule has 2 aliphatic rings. The maximum absolute atomic E-state index is 12.1. The van der Waals surface area contributed by atoms with E-state index in [0.717, 1.165) is 12.8 Å². The van der Waals surface area contributed by atoms with Gasteiger partial charge in [-0.3, -0.25) is 14.5 Å². The molecule has 1 unspecified atom stereocenters. The number of rotatable bonds is 6. The second kappa shape index (κ2) is 9.20. The number of amides is 2. The lowest BCUT2D eigenvalue weighted by molar-refractivity contribution is -0.135. The number of methoxy groups -OCH3 is 1. The van der Waals surface area contributed by atoms with Gasteiger partial charge < -0.3 is 20.7 Å². The summed E-state index contributed by atoms with van der Waals surface area (Å²) in [6.45, 7) is 3.32. The number of nitrogens with one attached hydrogen (secondary N) is 1. The van der Waals surface area contributed by atoms with Crippen LogP contribution in [0.5, 0.6) is 0 Å². The summed E-state index contributed by atoms with van der Waals surface area (Å²) in [7, 11) is 1.54. The molecule has 2 rings (SSSR count). The Morgan fingerprint density at radius 3 is 2.43 bits per heavy atom. The van der Waals surface area contributed by atoms with Crippen molar-refractivity contribution < 1.29 is 14.3 Å². The van der Waals surface area contributed by atoms with Crippen molar-refractivity contribution in [3.05, 3.63) is 0 Å². The van der Waals surface area contributed by atoms with Gasteiger partial charge in [0.25, 0.3) is 0 Å². The molecule has 0 radical (unpaired) electrons. The molecule has 1 heterocycles. The molecule has 0 bridgehead atoms. The fraction of sp³-hybridized carbons (Fsp3) is 0.875. The molecule has 1 aliphatic carbocycles. The molecule has 1 saturated heterocycles. The van der Waals surface area contributed by atoms with Gasteiger partial charge in [0.1, 0.15) is 6.04 Å². The average molecular weight is 326 g/mol. The van der Waals surface area contributed by atoms with Crippen LogP contribution in [0.15, 0.2) is 0 Å². The highest BCUT2D eigenvalue weighted by Crippen LogP contribution is 2.17. The Morgan fingerprint density at radius 1 is 1.17 bits per heavy atom. The zero-order chi connectivity index (χ0) is 16.7. The van der Waals surface area contributed by atoms with Crippen LogP contribution in [0.2, 0.25) is 0 Å². The number of hydrogen-bond acceptors (Lipinski definition) is 5. The first-order valence-electron chi connectivity index (χ1n) is 8.65. The smallest absolute Gasteiger partial charge is 0.241 e. The third-order valence-electron chi connectivity index (χ3n) is 4.68. The van der Waals surface area contributed by atoms with Crippen molar-refractivity contribution in [3.63, 3.8) is 0 Å². The first-order chi connectivity index (χ1) is 11.1. The molecule has 0 aromatic carbocycles. The van der Waals surface area contributed by atoms with Gasteiger partial charge in [0.2, 0.25) is 11.8 Å². The highest BCUT2D eigenvalue weighted by Gasteiger charge is 2.26. The molecule has 1 saturated carbocycles. The first-order valence-corrected chi connectivity index (χ1v) is 8.65. The van der Waals surface area contributed by atoms with Crippen LogP contribution < -0.4 is 11.1 Å². The summed E-state index contributed by atoms with van der Waals surface area (Å²) in [5, 5.41) is 3.14. The minimum Gasteiger partial charge on any atom is -0.383 e. The van der Waals surface area contributed by atoms with Crippen molar-refractivity contribution in [2.75, 3.05) is 46.4 Å². The predicted molar refractivity (Wildman–Crippen MR) is 87.9 cm³/mol. The number of nitrogens with two attached hydrogens (primary N) is 1. The molecule has 0 aromatic rings. The summed E-state index contributed by atoms with van der Waals surface area (Å²) in [5.74, 6) is 0.0333. The van der Waals surface area contributed by atoms with Crippen molar-refractivity contribution in [2.45, 2.75) is 44.2 Å². The van der Waals surface area contributed by atoms with E-state index in [0.29, 0.717) is 38.8 Å². The maximum Gasteiger partial charge on any atom is 0.241 e. The lowest BCUT2D eigenvalue weighted by Gasteiger charge is -2.35. The van der Waals surface area contributed by atoms with Gasteiger partial charge >= 0.3 is 0 Å². The van der Waals surface area contributed by atoms with Crippen molar-refractivity contribution in [1.29, 1.82) is 0 Å². The Labute approximate surface area is 138 Å². The number of carbonyl (C=O) groups is 2. The van der Waals surface area contributed by atoms with Crippen LogP contribution in [0.4, 0.5) is 0 Å². The molecule has 7 heteroatoms. The molecule has 132 valence electrons. The highest BCUT2D eigenvalue weighted by molar-refractivity contribution is 5.82. The van der Waals surface area contributed by atoms with Crippen molar-refractivity contribution in [3.8, 4) is 0 Å². The number of ether oxygens (including phenoxy) is 1. The Kier molecular flexibility index (Phi) is 7.26. The summed E-state index contributed by atoms with van der Waals surface area (Å²) < 4.78 is 4.93. The summed E-state index contributed by atoms with van der Waals surface area (Å²) >= 11 is 0. The van der Waals surface area contributed by atoms with Gasteiger partial charge in [-0.05, 0) is 12.8 Å². The van der Waals surface area contributed by atoms with Crippen LogP contribution in [-0.4, -0.2) is 80.1 Å². The molecule has 3 N–H and O–H groups in total. The van der Waals surface area contributed by atoms with Gasteiger partial charge in [-0.25, -0.2) is 0 Å². The molecule has 1 atom stereocenters. The Balaban J connectivity index is 1.67. The van der Waals surface area contributed by atoms with Gasteiger partial charge in [-0.2, -0.15) is 0 Å². The molecular weight excluding hydrogens is 296 g/mol. The molecule has 0 aromatic heterocycles. The molecule has 7 nitrogen and oxygen atoms in total. The van der Waals surface area contributed by atoms with Crippen molar-refractivity contribution in [2.24, 2.45) is 5.73 Å². The summed E-state index contributed by atoms with van der Waals surface area (Å²) in [6, 6.07) is -0.243. The molecule has 2 fully saturated rings. The largest absolute Gasteiger partial charge is 0.383 e. The van der Waals surface area contributed by atoms with Crippen molar-refractivity contribution in [1.82, 2.24) is 15.1 Å².